The molecular formula is C12H23N5O. The molecule has 18 heavy (non-hydrogen) atoms. The smallest absolute Gasteiger partial charge is 0.148 e. The van der Waals surface area contributed by atoms with Crippen LogP contribution >= 0.6 is 0 Å². The fourth-order valence-corrected chi connectivity index (χ4v) is 1.50. The molecule has 6 nitrogen and oxygen atoms in total. The van der Waals surface area contributed by atoms with E-state index in [-0.39, 0.29) is 6.10 Å². The van der Waals surface area contributed by atoms with Gasteiger partial charge >= 0.3 is 0 Å². The monoisotopic (exact) mass is 253 g/mol. The number of nitrogens with one attached hydrogen (secondary N) is 2. The van der Waals surface area contributed by atoms with Gasteiger partial charge in [-0.3, -0.25) is 0 Å². The highest BCUT2D eigenvalue weighted by molar-refractivity contribution is 5.56. The number of nitrogen functional groups attached to an aromatic ring is 1. The second-order valence-electron chi connectivity index (χ2n) is 4.31. The van der Waals surface area contributed by atoms with Crippen LogP contribution in [0.5, 0.6) is 0 Å². The lowest BCUT2D eigenvalue weighted by Crippen LogP contribution is -2.17. The molecule has 1 heterocycles. The molecule has 0 atom stereocenters. The molecular weight excluding hydrogens is 230 g/mol. The molecule has 1 aromatic rings. The Morgan fingerprint density at radius 1 is 1.28 bits per heavy atom. The van der Waals surface area contributed by atoms with E-state index in [1.165, 1.54) is 0 Å². The molecule has 0 aliphatic rings. The van der Waals surface area contributed by atoms with Crippen LogP contribution in [0.25, 0.3) is 0 Å². The Bertz CT molecular complexity index is 381. The Labute approximate surface area is 108 Å². The van der Waals surface area contributed by atoms with Gasteiger partial charge in [0.25, 0.3) is 0 Å². The Balaban J connectivity index is 2.68. The van der Waals surface area contributed by atoms with Crippen molar-refractivity contribution in [2.75, 3.05) is 23.9 Å². The van der Waals surface area contributed by atoms with Gasteiger partial charge in [-0.05, 0) is 20.8 Å². The number of anilines is 2. The zero-order chi connectivity index (χ0) is 13.5. The van der Waals surface area contributed by atoms with Gasteiger partial charge in [0, 0.05) is 18.5 Å². The zero-order valence-corrected chi connectivity index (χ0v) is 11.6. The van der Waals surface area contributed by atoms with Crippen molar-refractivity contribution in [1.29, 1.82) is 0 Å². The Morgan fingerprint density at radius 2 is 1.94 bits per heavy atom. The Hall–Kier alpha value is -1.40. The molecule has 6 heteroatoms. The van der Waals surface area contributed by atoms with Crippen molar-refractivity contribution >= 4 is 11.6 Å². The minimum Gasteiger partial charge on any atom is -0.377 e. The second kappa shape index (κ2) is 7.13. The summed E-state index contributed by atoms with van der Waals surface area (Å²) in [6.07, 6.45) is 1.01. The van der Waals surface area contributed by atoms with Crippen LogP contribution in [0, 0.1) is 6.92 Å². The van der Waals surface area contributed by atoms with Crippen LogP contribution in [0.3, 0.4) is 0 Å². The van der Waals surface area contributed by atoms with Crippen LogP contribution in [-0.2, 0) is 11.2 Å². The third-order valence-electron chi connectivity index (χ3n) is 2.49. The lowest BCUT2D eigenvalue weighted by atomic mass is 10.3. The minimum absolute atomic E-state index is 0.241. The van der Waals surface area contributed by atoms with Crippen LogP contribution in [-0.4, -0.2) is 29.2 Å². The first-order valence-electron chi connectivity index (χ1n) is 6.28. The van der Waals surface area contributed by atoms with Crippen molar-refractivity contribution < 1.29 is 4.74 Å². The topological polar surface area (TPSA) is 85.1 Å². The third kappa shape index (κ3) is 4.12. The Morgan fingerprint density at radius 3 is 2.50 bits per heavy atom. The van der Waals surface area contributed by atoms with Gasteiger partial charge in [0.1, 0.15) is 17.5 Å². The van der Waals surface area contributed by atoms with Gasteiger partial charge < -0.3 is 15.5 Å². The van der Waals surface area contributed by atoms with E-state index in [9.17, 15) is 0 Å². The highest BCUT2D eigenvalue weighted by atomic mass is 16.5. The molecule has 0 fully saturated rings. The summed E-state index contributed by atoms with van der Waals surface area (Å²) in [5.41, 5.74) is 3.51. The van der Waals surface area contributed by atoms with Crippen molar-refractivity contribution in [3.63, 3.8) is 0 Å². The molecule has 1 aromatic heterocycles. The highest BCUT2D eigenvalue weighted by Crippen LogP contribution is 2.19. The summed E-state index contributed by atoms with van der Waals surface area (Å²) in [4.78, 5) is 8.75. The highest BCUT2D eigenvalue weighted by Gasteiger charge is 2.08. The normalized spacial score (nSPS) is 10.8. The Kier molecular flexibility index (Phi) is 5.80. The van der Waals surface area contributed by atoms with Crippen molar-refractivity contribution in [3.8, 4) is 0 Å². The number of ether oxygens (including phenoxy) is 1. The van der Waals surface area contributed by atoms with E-state index in [2.05, 4.69) is 20.7 Å². The number of aromatic nitrogens is 2. The van der Waals surface area contributed by atoms with Crippen LogP contribution in [0.2, 0.25) is 0 Å². The first-order valence-corrected chi connectivity index (χ1v) is 6.28. The molecule has 0 unspecified atom stereocenters. The molecule has 0 radical (unpaired) electrons. The van der Waals surface area contributed by atoms with E-state index in [0.29, 0.717) is 19.0 Å². The maximum Gasteiger partial charge on any atom is 0.148 e. The first kappa shape index (κ1) is 14.7. The van der Waals surface area contributed by atoms with Gasteiger partial charge in [-0.15, -0.1) is 0 Å². The molecule has 0 saturated carbocycles. The van der Waals surface area contributed by atoms with Crippen molar-refractivity contribution in [1.82, 2.24) is 9.97 Å². The summed E-state index contributed by atoms with van der Waals surface area (Å²) in [5, 5.41) is 3.25. The molecule has 0 aromatic carbocycles. The van der Waals surface area contributed by atoms with Gasteiger partial charge in [-0.25, -0.2) is 15.8 Å². The average Bonchev–Trinajstić information content (AvgIpc) is 2.36. The van der Waals surface area contributed by atoms with Crippen LogP contribution in [0.15, 0.2) is 0 Å². The summed E-state index contributed by atoms with van der Waals surface area (Å²) in [7, 11) is 0. The molecule has 1 rings (SSSR count). The van der Waals surface area contributed by atoms with E-state index in [4.69, 9.17) is 10.6 Å². The molecule has 0 bridgehead atoms. The van der Waals surface area contributed by atoms with Gasteiger partial charge in [-0.1, -0.05) is 6.92 Å². The lowest BCUT2D eigenvalue weighted by molar-refractivity contribution is 0.0870. The summed E-state index contributed by atoms with van der Waals surface area (Å²) in [6.45, 7) is 9.33. The molecule has 0 amide bonds. The van der Waals surface area contributed by atoms with Crippen LogP contribution < -0.4 is 16.6 Å². The maximum atomic E-state index is 5.47. The van der Waals surface area contributed by atoms with E-state index in [1.807, 2.05) is 27.7 Å². The number of hydrogen-bond donors (Lipinski definition) is 3. The summed E-state index contributed by atoms with van der Waals surface area (Å²) >= 11 is 0. The number of rotatable bonds is 7. The van der Waals surface area contributed by atoms with Crippen LogP contribution in [0.4, 0.5) is 11.6 Å². The maximum absolute atomic E-state index is 5.47. The minimum atomic E-state index is 0.241. The fourth-order valence-electron chi connectivity index (χ4n) is 1.50. The van der Waals surface area contributed by atoms with Crippen molar-refractivity contribution in [2.45, 2.75) is 40.2 Å². The SMILES string of the molecule is CCc1nc(NN)c(C)c(NCCOC(C)C)n1. The van der Waals surface area contributed by atoms with Gasteiger partial charge in [-0.2, -0.15) is 0 Å². The molecule has 4 N–H and O–H groups in total. The zero-order valence-electron chi connectivity index (χ0n) is 11.6. The van der Waals surface area contributed by atoms with Gasteiger partial charge in [0.15, 0.2) is 0 Å². The van der Waals surface area contributed by atoms with Gasteiger partial charge in [0.2, 0.25) is 0 Å². The molecule has 0 aliphatic heterocycles. The predicted octanol–water partition coefficient (Wildman–Crippen LogP) is 1.47. The standard InChI is InChI=1S/C12H23N5O/c1-5-10-15-11(9(4)12(16-10)17-13)14-6-7-18-8(2)3/h8H,5-7,13H2,1-4H3,(H2,14,15,16,17). The molecule has 102 valence electrons. The van der Waals surface area contributed by atoms with E-state index in [0.717, 1.165) is 23.6 Å². The molecule has 0 saturated heterocycles. The summed E-state index contributed by atoms with van der Waals surface area (Å²) in [5.74, 6) is 7.68. The first-order chi connectivity index (χ1) is 8.58. The molecule has 0 spiro atoms. The molecule has 0 aliphatic carbocycles. The summed E-state index contributed by atoms with van der Waals surface area (Å²) in [6, 6.07) is 0. The second-order valence-corrected chi connectivity index (χ2v) is 4.31. The summed E-state index contributed by atoms with van der Waals surface area (Å²) < 4.78 is 5.47. The van der Waals surface area contributed by atoms with Crippen LogP contribution in [0.1, 0.15) is 32.2 Å². The van der Waals surface area contributed by atoms with Gasteiger partial charge in [0.05, 0.1) is 12.7 Å². The van der Waals surface area contributed by atoms with E-state index < -0.39 is 0 Å². The largest absolute Gasteiger partial charge is 0.377 e. The predicted molar refractivity (Wildman–Crippen MR) is 73.5 cm³/mol. The fraction of sp³-hybridized carbons (Fsp3) is 0.667. The van der Waals surface area contributed by atoms with Crippen molar-refractivity contribution in [2.24, 2.45) is 5.84 Å². The third-order valence-corrected chi connectivity index (χ3v) is 2.49. The van der Waals surface area contributed by atoms with Crippen molar-refractivity contribution in [3.05, 3.63) is 11.4 Å². The number of hydrogen-bond acceptors (Lipinski definition) is 6. The lowest BCUT2D eigenvalue weighted by Gasteiger charge is -2.14. The average molecular weight is 253 g/mol. The number of aryl methyl sites for hydroxylation is 1. The number of nitrogens with two attached hydrogens (primary N) is 1. The van der Waals surface area contributed by atoms with E-state index >= 15 is 0 Å². The number of nitrogens with zero attached hydrogens (tertiary/aromatic N) is 2. The van der Waals surface area contributed by atoms with E-state index in [1.54, 1.807) is 0 Å². The quantitative estimate of drug-likeness (QED) is 0.387. The number of hydrazine groups is 1.